The van der Waals surface area contributed by atoms with E-state index in [1.807, 2.05) is 0 Å². The molecule has 1 aliphatic heterocycles. The summed E-state index contributed by atoms with van der Waals surface area (Å²) >= 11 is 0. The van der Waals surface area contributed by atoms with Crippen LogP contribution in [0.2, 0.25) is 0 Å². The van der Waals surface area contributed by atoms with Crippen LogP contribution >= 0.6 is 0 Å². The third-order valence-electron chi connectivity index (χ3n) is 7.66. The van der Waals surface area contributed by atoms with Crippen LogP contribution in [0.1, 0.15) is 51.2 Å². The van der Waals surface area contributed by atoms with Gasteiger partial charge in [-0.15, -0.1) is 0 Å². The molecule has 36 heavy (non-hydrogen) atoms. The van der Waals surface area contributed by atoms with E-state index in [0.29, 0.717) is 23.0 Å². The van der Waals surface area contributed by atoms with Crippen molar-refractivity contribution in [2.45, 2.75) is 63.7 Å². The molecule has 2 aromatic carbocycles. The molecule has 0 aromatic heterocycles. The largest absolute Gasteiger partial charge is 0.428 e. The van der Waals surface area contributed by atoms with Gasteiger partial charge in [-0.1, -0.05) is 51.5 Å². The van der Waals surface area contributed by atoms with Gasteiger partial charge in [-0.05, 0) is 72.1 Å². The van der Waals surface area contributed by atoms with Gasteiger partial charge in [0.25, 0.3) is 0 Å². The number of carbonyl (C=O) groups excluding carboxylic acids is 1. The second-order valence-electron chi connectivity index (χ2n) is 10.5. The van der Waals surface area contributed by atoms with Crippen LogP contribution in [0.25, 0.3) is 6.08 Å². The van der Waals surface area contributed by atoms with Crippen LogP contribution in [0, 0.1) is 23.6 Å². The van der Waals surface area contributed by atoms with Crippen LogP contribution in [0.5, 0.6) is 0 Å². The van der Waals surface area contributed by atoms with Gasteiger partial charge in [-0.2, -0.15) is 0 Å². The third kappa shape index (κ3) is 4.55. The molecule has 190 valence electrons. The van der Waals surface area contributed by atoms with Gasteiger partial charge in [0.2, 0.25) is 16.1 Å². The maximum Gasteiger partial charge on any atom is 0.341 e. The Hall–Kier alpha value is -2.77. The summed E-state index contributed by atoms with van der Waals surface area (Å²) in [4.78, 5) is 13.3. The van der Waals surface area contributed by atoms with Crippen molar-refractivity contribution in [2.75, 3.05) is 0 Å². The molecule has 0 bridgehead atoms. The van der Waals surface area contributed by atoms with Crippen molar-refractivity contribution in [1.82, 2.24) is 0 Å². The zero-order valence-corrected chi connectivity index (χ0v) is 21.6. The SMILES string of the molecule is CC(C)[C@@H]1CC[C@@H](C)C[C@H]1O[C@@H]1OC(=O)C2=Cc3cc(F)ccc3CC(S(=O)(=O)c3ccccc3)=C21. The maximum atomic E-state index is 14.1. The van der Waals surface area contributed by atoms with Crippen molar-refractivity contribution in [3.8, 4) is 0 Å². The summed E-state index contributed by atoms with van der Waals surface area (Å²) in [7, 11) is -4.00. The van der Waals surface area contributed by atoms with E-state index < -0.39 is 27.9 Å². The van der Waals surface area contributed by atoms with Crippen LogP contribution < -0.4 is 0 Å². The summed E-state index contributed by atoms with van der Waals surface area (Å²) in [6.07, 6.45) is 3.18. The Kier molecular flexibility index (Phi) is 6.64. The van der Waals surface area contributed by atoms with Crippen LogP contribution in [-0.2, 0) is 30.5 Å². The first-order valence-corrected chi connectivity index (χ1v) is 14.0. The molecule has 5 nitrogen and oxygen atoms in total. The smallest absolute Gasteiger partial charge is 0.341 e. The Morgan fingerprint density at radius 1 is 1.08 bits per heavy atom. The number of sulfone groups is 1. The Balaban J connectivity index is 1.65. The second kappa shape index (κ2) is 9.60. The predicted molar refractivity (Wildman–Crippen MR) is 135 cm³/mol. The summed E-state index contributed by atoms with van der Waals surface area (Å²) in [5.74, 6) is -0.00766. The number of halogens is 1. The molecule has 0 spiro atoms. The van der Waals surface area contributed by atoms with E-state index in [4.69, 9.17) is 9.47 Å². The average Bonchev–Trinajstić information content (AvgIpc) is 3.02. The van der Waals surface area contributed by atoms with E-state index in [0.717, 1.165) is 19.3 Å². The highest BCUT2D eigenvalue weighted by atomic mass is 32.2. The van der Waals surface area contributed by atoms with Gasteiger partial charge in [-0.25, -0.2) is 17.6 Å². The normalized spacial score (nSPS) is 26.2. The first kappa shape index (κ1) is 24.9. The first-order valence-electron chi connectivity index (χ1n) is 12.5. The number of hydrogen-bond donors (Lipinski definition) is 0. The van der Waals surface area contributed by atoms with Gasteiger partial charge in [0.15, 0.2) is 0 Å². The molecular formula is C29H31FO5S. The zero-order chi connectivity index (χ0) is 25.6. The highest BCUT2D eigenvalue weighted by Crippen LogP contribution is 2.43. The van der Waals surface area contributed by atoms with Gasteiger partial charge in [0.05, 0.1) is 21.5 Å². The van der Waals surface area contributed by atoms with Crippen molar-refractivity contribution in [2.24, 2.45) is 17.8 Å². The fourth-order valence-corrected chi connectivity index (χ4v) is 7.31. The minimum absolute atomic E-state index is 0.00729. The van der Waals surface area contributed by atoms with Crippen molar-refractivity contribution in [3.05, 3.63) is 81.5 Å². The highest BCUT2D eigenvalue weighted by molar-refractivity contribution is 7.95. The van der Waals surface area contributed by atoms with Crippen molar-refractivity contribution in [1.29, 1.82) is 0 Å². The van der Waals surface area contributed by atoms with Crippen molar-refractivity contribution in [3.63, 3.8) is 0 Å². The van der Waals surface area contributed by atoms with Gasteiger partial charge >= 0.3 is 5.97 Å². The van der Waals surface area contributed by atoms with Gasteiger partial charge in [-0.3, -0.25) is 0 Å². The number of esters is 1. The molecule has 1 heterocycles. The zero-order valence-electron chi connectivity index (χ0n) is 20.7. The molecule has 1 saturated heterocycles. The number of rotatable bonds is 5. The van der Waals surface area contributed by atoms with Crippen LogP contribution in [0.3, 0.4) is 0 Å². The highest BCUT2D eigenvalue weighted by Gasteiger charge is 2.45. The summed E-state index contributed by atoms with van der Waals surface area (Å²) in [5, 5.41) is 0. The standard InChI is InChI=1S/C29H31FO5S/c1-17(2)23-12-9-18(3)13-25(23)34-29-27-24(28(31)35-29)15-20-14-21(30)11-10-19(20)16-26(27)36(32,33)22-7-5-4-6-8-22/h4-8,10-11,14-15,17-18,23,25,29H,9,12-13,16H2,1-3H3/t18-,23+,25-,29-/m1/s1. The van der Waals surface area contributed by atoms with Crippen molar-refractivity contribution < 1.29 is 27.1 Å². The fourth-order valence-electron chi connectivity index (χ4n) is 5.67. The minimum Gasteiger partial charge on any atom is -0.428 e. The lowest BCUT2D eigenvalue weighted by Crippen LogP contribution is -2.37. The third-order valence-corrected chi connectivity index (χ3v) is 9.56. The molecule has 0 unspecified atom stereocenters. The molecule has 0 radical (unpaired) electrons. The van der Waals surface area contributed by atoms with E-state index >= 15 is 0 Å². The number of benzene rings is 2. The van der Waals surface area contributed by atoms with Gasteiger partial charge < -0.3 is 9.47 Å². The monoisotopic (exact) mass is 510 g/mol. The predicted octanol–water partition coefficient (Wildman–Crippen LogP) is 5.85. The number of ether oxygens (including phenoxy) is 2. The lowest BCUT2D eigenvalue weighted by Gasteiger charge is -2.38. The topological polar surface area (TPSA) is 69.7 Å². The summed E-state index contributed by atoms with van der Waals surface area (Å²) in [6.45, 7) is 6.50. The maximum absolute atomic E-state index is 14.1. The Morgan fingerprint density at radius 2 is 1.83 bits per heavy atom. The molecule has 2 aromatic rings. The quantitative estimate of drug-likeness (QED) is 0.472. The molecule has 4 atom stereocenters. The minimum atomic E-state index is -4.00. The van der Waals surface area contributed by atoms with Gasteiger partial charge in [0.1, 0.15) is 5.82 Å². The Labute approximate surface area is 211 Å². The molecule has 0 N–H and O–H groups in total. The van der Waals surface area contributed by atoms with E-state index in [1.54, 1.807) is 24.3 Å². The molecule has 2 aliphatic carbocycles. The number of cyclic esters (lactones) is 1. The van der Waals surface area contributed by atoms with E-state index in [1.165, 1.54) is 30.3 Å². The number of fused-ring (bicyclic) bond motifs is 2. The van der Waals surface area contributed by atoms with Crippen LogP contribution in [-0.4, -0.2) is 26.8 Å². The van der Waals surface area contributed by atoms with E-state index in [-0.39, 0.29) is 39.4 Å². The van der Waals surface area contributed by atoms with Gasteiger partial charge in [0, 0.05) is 12.0 Å². The number of allylic oxidation sites excluding steroid dienone is 1. The second-order valence-corrected chi connectivity index (χ2v) is 12.4. The number of hydrogen-bond acceptors (Lipinski definition) is 5. The van der Waals surface area contributed by atoms with Crippen molar-refractivity contribution >= 4 is 21.9 Å². The molecule has 1 saturated carbocycles. The average molecular weight is 511 g/mol. The summed E-state index contributed by atoms with van der Waals surface area (Å²) in [6, 6.07) is 12.3. The molecule has 7 heteroatoms. The van der Waals surface area contributed by atoms with Crippen LogP contribution in [0.4, 0.5) is 4.39 Å². The molecule has 2 fully saturated rings. The molecule has 0 amide bonds. The molecule has 5 rings (SSSR count). The van der Waals surface area contributed by atoms with Crippen LogP contribution in [0.15, 0.2) is 69.5 Å². The Bertz CT molecular complexity index is 1340. The fraction of sp³-hybridized carbons (Fsp3) is 0.414. The lowest BCUT2D eigenvalue weighted by atomic mass is 9.75. The first-order chi connectivity index (χ1) is 17.1. The lowest BCUT2D eigenvalue weighted by molar-refractivity contribution is -0.178. The number of carbonyl (C=O) groups is 1. The summed E-state index contributed by atoms with van der Waals surface area (Å²) < 4.78 is 54.2. The summed E-state index contributed by atoms with van der Waals surface area (Å²) in [5.41, 5.74) is 1.44. The Morgan fingerprint density at radius 3 is 2.56 bits per heavy atom. The van der Waals surface area contributed by atoms with E-state index in [9.17, 15) is 17.6 Å². The molecular weight excluding hydrogens is 479 g/mol. The molecule has 3 aliphatic rings. The van der Waals surface area contributed by atoms with E-state index in [2.05, 4.69) is 20.8 Å².